The van der Waals surface area contributed by atoms with Gasteiger partial charge in [0.15, 0.2) is 0 Å². The Morgan fingerprint density at radius 2 is 1.17 bits per heavy atom. The van der Waals surface area contributed by atoms with E-state index in [0.717, 1.165) is 55.7 Å². The molecule has 4 nitrogen and oxygen atoms in total. The molecule has 10 aromatic rings. The van der Waals surface area contributed by atoms with Gasteiger partial charge < -0.3 is 18.9 Å². The quantitative estimate of drug-likeness (QED) is 0.222. The van der Waals surface area contributed by atoms with Gasteiger partial charge in [0.1, 0.15) is 11.2 Å². The molecule has 3 heterocycles. The van der Waals surface area contributed by atoms with Crippen LogP contribution >= 0.6 is 0 Å². The van der Waals surface area contributed by atoms with Crippen LogP contribution < -0.4 is 4.90 Å². The molecule has 7 aromatic carbocycles. The molecule has 0 saturated heterocycles. The second-order valence-corrected chi connectivity index (χ2v) is 12.0. The average Bonchev–Trinajstić information content (AvgIpc) is 3.80. The Labute approximate surface area is 264 Å². The van der Waals surface area contributed by atoms with Crippen molar-refractivity contribution in [3.05, 3.63) is 158 Å². The molecule has 0 bridgehead atoms. The first-order valence-electron chi connectivity index (χ1n) is 15.6. The second kappa shape index (κ2) is 9.62. The van der Waals surface area contributed by atoms with E-state index in [1.54, 1.807) is 0 Å². The van der Waals surface area contributed by atoms with Crippen molar-refractivity contribution in [1.29, 1.82) is 0 Å². The van der Waals surface area contributed by atoms with Crippen molar-refractivity contribution in [2.45, 2.75) is 0 Å². The zero-order chi connectivity index (χ0) is 30.2. The van der Waals surface area contributed by atoms with Gasteiger partial charge in [-0.25, -0.2) is 0 Å². The van der Waals surface area contributed by atoms with Gasteiger partial charge in [-0.15, -0.1) is 0 Å². The number of hydrogen-bond donors (Lipinski definition) is 1. The number of para-hydroxylation sites is 2. The molecule has 10 rings (SSSR count). The molecule has 0 unspecified atom stereocenters. The van der Waals surface area contributed by atoms with E-state index in [1.165, 1.54) is 32.4 Å². The molecule has 4 heteroatoms. The van der Waals surface area contributed by atoms with Crippen molar-refractivity contribution >= 4 is 82.5 Å². The zero-order valence-corrected chi connectivity index (χ0v) is 24.8. The molecule has 0 spiro atoms. The number of aromatic amines is 1. The summed E-state index contributed by atoms with van der Waals surface area (Å²) in [5.74, 6) is 0. The van der Waals surface area contributed by atoms with E-state index >= 15 is 0 Å². The highest BCUT2D eigenvalue weighted by Gasteiger charge is 2.17. The van der Waals surface area contributed by atoms with Crippen LogP contribution in [-0.2, 0) is 0 Å². The van der Waals surface area contributed by atoms with Crippen LogP contribution in [0.15, 0.2) is 162 Å². The molecule has 0 aliphatic heterocycles. The molecule has 0 saturated carbocycles. The lowest BCUT2D eigenvalue weighted by molar-refractivity contribution is 0.669. The maximum absolute atomic E-state index is 6.17. The van der Waals surface area contributed by atoms with Gasteiger partial charge in [-0.05, 0) is 95.7 Å². The van der Waals surface area contributed by atoms with Crippen molar-refractivity contribution in [1.82, 2.24) is 9.55 Å². The number of aromatic nitrogens is 2. The number of H-pyrrole nitrogens is 1. The fourth-order valence-electron chi connectivity index (χ4n) is 7.08. The third-order valence-electron chi connectivity index (χ3n) is 9.31. The second-order valence-electron chi connectivity index (χ2n) is 12.0. The van der Waals surface area contributed by atoms with Gasteiger partial charge in [-0.3, -0.25) is 0 Å². The van der Waals surface area contributed by atoms with Gasteiger partial charge in [0.2, 0.25) is 0 Å². The Morgan fingerprint density at radius 3 is 2.09 bits per heavy atom. The van der Waals surface area contributed by atoms with Crippen LogP contribution in [-0.4, -0.2) is 9.55 Å². The van der Waals surface area contributed by atoms with Crippen molar-refractivity contribution in [3.63, 3.8) is 0 Å². The molecule has 0 amide bonds. The van der Waals surface area contributed by atoms with Gasteiger partial charge in [0.05, 0.1) is 5.52 Å². The molecule has 0 radical (unpaired) electrons. The highest BCUT2D eigenvalue weighted by Crippen LogP contribution is 2.40. The molecule has 1 N–H and O–H groups in total. The number of rotatable bonds is 4. The third-order valence-corrected chi connectivity index (χ3v) is 9.31. The van der Waals surface area contributed by atoms with Gasteiger partial charge in [-0.1, -0.05) is 66.7 Å². The van der Waals surface area contributed by atoms with Crippen molar-refractivity contribution in [2.24, 2.45) is 0 Å². The van der Waals surface area contributed by atoms with Crippen LogP contribution in [0.4, 0.5) is 17.1 Å². The molecule has 0 aliphatic carbocycles. The number of anilines is 3. The van der Waals surface area contributed by atoms with E-state index in [9.17, 15) is 0 Å². The fourth-order valence-corrected chi connectivity index (χ4v) is 7.08. The molecule has 216 valence electrons. The average molecular weight is 590 g/mol. The van der Waals surface area contributed by atoms with Gasteiger partial charge in [0.25, 0.3) is 0 Å². The van der Waals surface area contributed by atoms with Crippen LogP contribution in [0.1, 0.15) is 0 Å². The predicted molar refractivity (Wildman–Crippen MR) is 192 cm³/mol. The van der Waals surface area contributed by atoms with Crippen LogP contribution in [0.3, 0.4) is 0 Å². The minimum absolute atomic E-state index is 0.891. The summed E-state index contributed by atoms with van der Waals surface area (Å²) in [5, 5.41) is 8.36. The summed E-state index contributed by atoms with van der Waals surface area (Å²) in [7, 11) is 0. The normalized spacial score (nSPS) is 11.9. The minimum atomic E-state index is 0.891. The Morgan fingerprint density at radius 1 is 0.457 bits per heavy atom. The fraction of sp³-hybridized carbons (Fsp3) is 0. The van der Waals surface area contributed by atoms with E-state index in [-0.39, 0.29) is 0 Å². The van der Waals surface area contributed by atoms with E-state index in [2.05, 4.69) is 160 Å². The Balaban J connectivity index is 1.12. The predicted octanol–water partition coefficient (Wildman–Crippen LogP) is 11.8. The lowest BCUT2D eigenvalue weighted by atomic mass is 10.1. The topological polar surface area (TPSA) is 37.1 Å². The number of fused-ring (bicyclic) bond motifs is 8. The molecule has 3 aromatic heterocycles. The first-order chi connectivity index (χ1) is 22.8. The highest BCUT2D eigenvalue weighted by atomic mass is 16.3. The van der Waals surface area contributed by atoms with Gasteiger partial charge in [-0.2, -0.15) is 0 Å². The van der Waals surface area contributed by atoms with Crippen molar-refractivity contribution in [3.8, 4) is 5.69 Å². The first kappa shape index (κ1) is 25.1. The maximum atomic E-state index is 6.17. The molecule has 0 fully saturated rings. The SMILES string of the molecule is c1ccc2cc(N(c3ccc(-n4ccc5cc6[nH]c7ccccc7c6cc54)cc3)c3ccc4oc5ccccc5c4c3)ccc2c1. The van der Waals surface area contributed by atoms with Crippen LogP contribution in [0.2, 0.25) is 0 Å². The summed E-state index contributed by atoms with van der Waals surface area (Å²) < 4.78 is 8.45. The summed E-state index contributed by atoms with van der Waals surface area (Å²) >= 11 is 0. The number of nitrogens with one attached hydrogen (secondary N) is 1. The number of benzene rings is 7. The number of furan rings is 1. The van der Waals surface area contributed by atoms with Crippen LogP contribution in [0.5, 0.6) is 0 Å². The van der Waals surface area contributed by atoms with Crippen molar-refractivity contribution in [2.75, 3.05) is 4.90 Å². The standard InChI is InChI=1S/C42H27N3O/c1-2-8-28-23-32(14-13-27(28)7-1)45(33-19-20-42-37(25-33)35-10-4-6-12-41(35)46-42)31-17-15-30(16-18-31)44-22-21-29-24-39-36(26-40(29)44)34-9-3-5-11-38(34)43-39/h1-26,43H. The minimum Gasteiger partial charge on any atom is -0.456 e. The third kappa shape index (κ3) is 3.80. The number of hydrogen-bond acceptors (Lipinski definition) is 2. The zero-order valence-electron chi connectivity index (χ0n) is 24.8. The molecule has 46 heavy (non-hydrogen) atoms. The lowest BCUT2D eigenvalue weighted by Crippen LogP contribution is -2.10. The van der Waals surface area contributed by atoms with Gasteiger partial charge in [0, 0.05) is 66.9 Å². The van der Waals surface area contributed by atoms with Crippen LogP contribution in [0, 0.1) is 0 Å². The monoisotopic (exact) mass is 589 g/mol. The highest BCUT2D eigenvalue weighted by molar-refractivity contribution is 6.12. The van der Waals surface area contributed by atoms with Gasteiger partial charge >= 0.3 is 0 Å². The van der Waals surface area contributed by atoms with Crippen molar-refractivity contribution < 1.29 is 4.42 Å². The largest absolute Gasteiger partial charge is 0.456 e. The Hall–Kier alpha value is -6.26. The van der Waals surface area contributed by atoms with Crippen LogP contribution in [0.25, 0.3) is 71.1 Å². The summed E-state index contributed by atoms with van der Waals surface area (Å²) in [4.78, 5) is 5.91. The molecular formula is C42H27N3O. The van der Waals surface area contributed by atoms with E-state index < -0.39 is 0 Å². The summed E-state index contributed by atoms with van der Waals surface area (Å²) in [6, 6.07) is 54.1. The van der Waals surface area contributed by atoms with E-state index in [4.69, 9.17) is 4.42 Å². The van der Waals surface area contributed by atoms with E-state index in [0.29, 0.717) is 0 Å². The Bertz CT molecular complexity index is 2760. The Kier molecular flexibility index (Phi) is 5.25. The maximum Gasteiger partial charge on any atom is 0.135 e. The summed E-state index contributed by atoms with van der Waals surface area (Å²) in [6.07, 6.45) is 2.17. The molecular weight excluding hydrogens is 562 g/mol. The lowest BCUT2D eigenvalue weighted by Gasteiger charge is -2.26. The number of nitrogens with zero attached hydrogens (tertiary/aromatic N) is 2. The summed E-state index contributed by atoms with van der Waals surface area (Å²) in [5.41, 5.74) is 9.69. The first-order valence-corrected chi connectivity index (χ1v) is 15.6. The summed E-state index contributed by atoms with van der Waals surface area (Å²) in [6.45, 7) is 0. The van der Waals surface area contributed by atoms with E-state index in [1.807, 2.05) is 12.1 Å². The molecule has 0 aliphatic rings. The molecule has 0 atom stereocenters. The smallest absolute Gasteiger partial charge is 0.135 e.